The molecule has 7 heteroatoms. The van der Waals surface area contributed by atoms with Crippen molar-refractivity contribution in [2.75, 3.05) is 0 Å². The Hall–Kier alpha value is -2.02. The third-order valence-electron chi connectivity index (χ3n) is 3.87. The lowest BCUT2D eigenvalue weighted by Crippen LogP contribution is -2.22. The van der Waals surface area contributed by atoms with Gasteiger partial charge < -0.3 is 0 Å². The molecule has 108 valence electrons. The average Bonchev–Trinajstić information content (AvgIpc) is 3.15. The van der Waals surface area contributed by atoms with Gasteiger partial charge in [0.05, 0.1) is 18.3 Å². The molecule has 0 aromatic carbocycles. The van der Waals surface area contributed by atoms with Crippen LogP contribution in [0, 0.1) is 6.92 Å². The van der Waals surface area contributed by atoms with Gasteiger partial charge in [-0.1, -0.05) is 0 Å². The molecule has 0 N–H and O–H groups in total. The van der Waals surface area contributed by atoms with Crippen molar-refractivity contribution < 1.29 is 0 Å². The lowest BCUT2D eigenvalue weighted by atomic mass is 10.3. The van der Waals surface area contributed by atoms with Crippen LogP contribution in [0.3, 0.4) is 0 Å². The topological polar surface area (TPSA) is 65.6 Å². The highest BCUT2D eigenvalue weighted by Gasteiger charge is 2.28. The maximum Gasteiger partial charge on any atom is 0.262 e. The van der Waals surface area contributed by atoms with E-state index in [1.54, 1.807) is 15.6 Å². The van der Waals surface area contributed by atoms with Crippen molar-refractivity contribution in [3.63, 3.8) is 0 Å². The van der Waals surface area contributed by atoms with Gasteiger partial charge in [0.15, 0.2) is 5.82 Å². The van der Waals surface area contributed by atoms with Crippen LogP contribution in [-0.4, -0.2) is 24.3 Å². The molecule has 0 unspecified atom stereocenters. The molecule has 0 radical (unpaired) electrons. The number of hydrogen-bond acceptors (Lipinski definition) is 5. The summed E-state index contributed by atoms with van der Waals surface area (Å²) in [7, 11) is 1.88. The second-order valence-electron chi connectivity index (χ2n) is 5.56. The van der Waals surface area contributed by atoms with Crippen LogP contribution in [0.15, 0.2) is 16.5 Å². The van der Waals surface area contributed by atoms with Crippen molar-refractivity contribution in [3.05, 3.63) is 39.3 Å². The molecule has 4 rings (SSSR count). The molecule has 1 aliphatic carbocycles. The lowest BCUT2D eigenvalue weighted by molar-refractivity contribution is 0.636. The van der Waals surface area contributed by atoms with Crippen LogP contribution in [-0.2, 0) is 13.6 Å². The van der Waals surface area contributed by atoms with Gasteiger partial charge in [0.25, 0.3) is 5.56 Å². The highest BCUT2D eigenvalue weighted by Crippen LogP contribution is 2.38. The Kier molecular flexibility index (Phi) is 2.72. The number of nitrogens with zero attached hydrogens (tertiary/aromatic N) is 5. The molecule has 0 spiro atoms. The Morgan fingerprint density at radius 3 is 3.00 bits per heavy atom. The Labute approximate surface area is 125 Å². The number of aromatic nitrogens is 5. The van der Waals surface area contributed by atoms with Gasteiger partial charge >= 0.3 is 0 Å². The SMILES string of the molecule is Cc1csc2ncn(Cc3nc(C4CC4)nn3C)c(=O)c12. The average molecular weight is 301 g/mol. The Morgan fingerprint density at radius 1 is 1.43 bits per heavy atom. The molecule has 0 amide bonds. The third kappa shape index (κ3) is 2.08. The van der Waals surface area contributed by atoms with Gasteiger partial charge in [-0.2, -0.15) is 5.10 Å². The fourth-order valence-corrected chi connectivity index (χ4v) is 3.34. The van der Waals surface area contributed by atoms with Gasteiger partial charge in [0.1, 0.15) is 10.7 Å². The van der Waals surface area contributed by atoms with E-state index in [9.17, 15) is 4.79 Å². The summed E-state index contributed by atoms with van der Waals surface area (Å²) in [6.45, 7) is 2.35. The smallest absolute Gasteiger partial charge is 0.262 e. The largest absolute Gasteiger partial charge is 0.291 e. The second kappa shape index (κ2) is 4.49. The summed E-state index contributed by atoms with van der Waals surface area (Å²) in [5.41, 5.74) is 0.980. The summed E-state index contributed by atoms with van der Waals surface area (Å²) in [5, 5.41) is 7.12. The first-order valence-electron chi connectivity index (χ1n) is 6.96. The highest BCUT2D eigenvalue weighted by molar-refractivity contribution is 7.16. The normalized spacial score (nSPS) is 15.0. The molecule has 1 fully saturated rings. The monoisotopic (exact) mass is 301 g/mol. The summed E-state index contributed by atoms with van der Waals surface area (Å²) >= 11 is 1.50. The number of fused-ring (bicyclic) bond motifs is 1. The van der Waals surface area contributed by atoms with E-state index >= 15 is 0 Å². The highest BCUT2D eigenvalue weighted by atomic mass is 32.1. The van der Waals surface area contributed by atoms with Crippen LogP contribution in [0.4, 0.5) is 0 Å². The number of thiophene rings is 1. The predicted molar refractivity (Wildman–Crippen MR) is 80.7 cm³/mol. The summed E-state index contributed by atoms with van der Waals surface area (Å²) in [4.78, 5) is 22.3. The molecule has 0 bridgehead atoms. The molecule has 6 nitrogen and oxygen atoms in total. The second-order valence-corrected chi connectivity index (χ2v) is 6.42. The summed E-state index contributed by atoms with van der Waals surface area (Å²) < 4.78 is 3.38. The molecule has 0 saturated heterocycles. The first kappa shape index (κ1) is 12.7. The van der Waals surface area contributed by atoms with Crippen molar-refractivity contribution >= 4 is 21.6 Å². The predicted octanol–water partition coefficient (Wildman–Crippen LogP) is 1.82. The maximum absolute atomic E-state index is 12.6. The summed E-state index contributed by atoms with van der Waals surface area (Å²) in [6, 6.07) is 0. The molecular formula is C14H15N5OS. The molecule has 1 saturated carbocycles. The van der Waals surface area contributed by atoms with E-state index in [-0.39, 0.29) is 5.56 Å². The zero-order valence-electron chi connectivity index (χ0n) is 11.9. The van der Waals surface area contributed by atoms with Crippen molar-refractivity contribution in [1.82, 2.24) is 24.3 Å². The third-order valence-corrected chi connectivity index (χ3v) is 4.87. The summed E-state index contributed by atoms with van der Waals surface area (Å²) in [6.07, 6.45) is 3.95. The van der Waals surface area contributed by atoms with Crippen LogP contribution in [0.5, 0.6) is 0 Å². The fourth-order valence-electron chi connectivity index (χ4n) is 2.46. The van der Waals surface area contributed by atoms with Crippen molar-refractivity contribution in [3.8, 4) is 0 Å². The Balaban J connectivity index is 1.75. The molecule has 21 heavy (non-hydrogen) atoms. The van der Waals surface area contributed by atoms with Gasteiger partial charge in [-0.15, -0.1) is 11.3 Å². The summed E-state index contributed by atoms with van der Waals surface area (Å²) in [5.74, 6) is 2.22. The quantitative estimate of drug-likeness (QED) is 0.740. The van der Waals surface area contributed by atoms with Gasteiger partial charge in [-0.05, 0) is 30.7 Å². The molecule has 0 atom stereocenters. The van der Waals surface area contributed by atoms with E-state index in [4.69, 9.17) is 0 Å². The number of rotatable bonds is 3. The number of hydrogen-bond donors (Lipinski definition) is 0. The molecule has 3 heterocycles. The van der Waals surface area contributed by atoms with Crippen LogP contribution < -0.4 is 5.56 Å². The van der Waals surface area contributed by atoms with Gasteiger partial charge in [-0.3, -0.25) is 14.0 Å². The standard InChI is InChI=1S/C14H15N5OS/c1-8-6-21-13-11(8)14(20)19(7-15-13)5-10-16-12(9-3-4-9)17-18(10)2/h6-7,9H,3-5H2,1-2H3. The molecule has 3 aromatic rings. The molecule has 1 aliphatic rings. The molecule has 0 aliphatic heterocycles. The maximum atomic E-state index is 12.6. The molecule has 3 aromatic heterocycles. The van der Waals surface area contributed by atoms with Gasteiger partial charge in [0, 0.05) is 13.0 Å². The molecular weight excluding hydrogens is 286 g/mol. The Bertz CT molecular complexity index is 887. The van der Waals surface area contributed by atoms with Crippen LogP contribution >= 0.6 is 11.3 Å². The van der Waals surface area contributed by atoms with E-state index in [0.29, 0.717) is 17.8 Å². The van der Waals surface area contributed by atoms with Crippen molar-refractivity contribution in [1.29, 1.82) is 0 Å². The van der Waals surface area contributed by atoms with Gasteiger partial charge in [0.2, 0.25) is 0 Å². The van der Waals surface area contributed by atoms with E-state index in [1.807, 2.05) is 19.4 Å². The minimum atomic E-state index is -0.00489. The van der Waals surface area contributed by atoms with E-state index in [2.05, 4.69) is 15.1 Å². The van der Waals surface area contributed by atoms with Crippen LogP contribution in [0.1, 0.15) is 36.0 Å². The fraction of sp³-hybridized carbons (Fsp3) is 0.429. The minimum absolute atomic E-state index is 0.00489. The first-order valence-corrected chi connectivity index (χ1v) is 7.84. The van der Waals surface area contributed by atoms with Crippen LogP contribution in [0.25, 0.3) is 10.2 Å². The zero-order chi connectivity index (χ0) is 14.6. The van der Waals surface area contributed by atoms with Crippen LogP contribution in [0.2, 0.25) is 0 Å². The van der Waals surface area contributed by atoms with Crippen molar-refractivity contribution in [2.24, 2.45) is 7.05 Å². The first-order chi connectivity index (χ1) is 10.1. The minimum Gasteiger partial charge on any atom is -0.291 e. The zero-order valence-corrected chi connectivity index (χ0v) is 12.7. The van der Waals surface area contributed by atoms with Gasteiger partial charge in [-0.25, -0.2) is 9.97 Å². The Morgan fingerprint density at radius 2 is 2.24 bits per heavy atom. The number of aryl methyl sites for hydroxylation is 2. The van der Waals surface area contributed by atoms with Crippen molar-refractivity contribution in [2.45, 2.75) is 32.2 Å². The van der Waals surface area contributed by atoms with E-state index in [1.165, 1.54) is 24.2 Å². The lowest BCUT2D eigenvalue weighted by Gasteiger charge is -2.04. The van der Waals surface area contributed by atoms with E-state index < -0.39 is 0 Å². The van der Waals surface area contributed by atoms with E-state index in [0.717, 1.165) is 22.0 Å².